The number of fused-ring (bicyclic) bond motifs is 1. The minimum atomic E-state index is -0.658. The highest BCUT2D eigenvalue weighted by Crippen LogP contribution is 2.30. The molecule has 1 atom stereocenters. The van der Waals surface area contributed by atoms with Gasteiger partial charge in [0.2, 0.25) is 5.91 Å². The molecule has 0 bridgehead atoms. The average Bonchev–Trinajstić information content (AvgIpc) is 2.83. The predicted molar refractivity (Wildman–Crippen MR) is 85.0 cm³/mol. The van der Waals surface area contributed by atoms with Crippen LogP contribution in [0, 0.1) is 5.41 Å². The van der Waals surface area contributed by atoms with Crippen LogP contribution in [0.4, 0.5) is 0 Å². The summed E-state index contributed by atoms with van der Waals surface area (Å²) in [7, 11) is 0. The van der Waals surface area contributed by atoms with Crippen molar-refractivity contribution in [2.75, 3.05) is 13.1 Å². The molecule has 0 saturated carbocycles. The maximum absolute atomic E-state index is 11.6. The molecule has 4 N–H and O–H groups in total. The minimum Gasteiger partial charge on any atom is -0.369 e. The van der Waals surface area contributed by atoms with Crippen LogP contribution in [0.2, 0.25) is 0 Å². The largest absolute Gasteiger partial charge is 0.369 e. The van der Waals surface area contributed by atoms with Crippen LogP contribution in [0.5, 0.6) is 0 Å². The van der Waals surface area contributed by atoms with E-state index >= 15 is 0 Å². The van der Waals surface area contributed by atoms with E-state index in [0.717, 1.165) is 36.5 Å². The van der Waals surface area contributed by atoms with Gasteiger partial charge in [-0.25, -0.2) is 0 Å². The summed E-state index contributed by atoms with van der Waals surface area (Å²) in [5, 5.41) is 0. The van der Waals surface area contributed by atoms with Crippen LogP contribution in [-0.2, 0) is 4.79 Å². The molecule has 0 fully saturated rings. The van der Waals surface area contributed by atoms with Gasteiger partial charge in [-0.2, -0.15) is 0 Å². The Bertz CT molecular complexity index is 518. The van der Waals surface area contributed by atoms with Crippen molar-refractivity contribution < 1.29 is 4.79 Å². The van der Waals surface area contributed by atoms with Crippen LogP contribution in [0.25, 0.3) is 0 Å². The summed E-state index contributed by atoms with van der Waals surface area (Å²) >= 11 is 0. The number of rotatable bonds is 6. The molecule has 6 heteroatoms. The molecule has 6 nitrogen and oxygen atoms in total. The second-order valence-electron chi connectivity index (χ2n) is 6.28. The fraction of sp³-hybridized carbons (Fsp3) is 0.667. The molecule has 2 aliphatic heterocycles. The van der Waals surface area contributed by atoms with E-state index in [1.54, 1.807) is 0 Å². The first-order chi connectivity index (χ1) is 9.86. The first-order valence-corrected chi connectivity index (χ1v) is 7.47. The number of allylic oxidation sites excluding steroid dienone is 1. The second-order valence-corrected chi connectivity index (χ2v) is 6.28. The number of nitrogens with two attached hydrogens (primary N) is 2. The van der Waals surface area contributed by atoms with E-state index < -0.39 is 5.41 Å². The lowest BCUT2D eigenvalue weighted by Crippen LogP contribution is -2.43. The standard InChI is InChI=1S/C15H25N5O/c1-10-8-20-9-12(15(2,3)14(17)21)19-13(20)11(18-10)6-4-5-7-16/h8,12H,4-7,9,16H2,1-3H3,(H2,17,21). The number of amidine groups is 1. The van der Waals surface area contributed by atoms with E-state index in [0.29, 0.717) is 13.1 Å². The van der Waals surface area contributed by atoms with Gasteiger partial charge in [-0.3, -0.25) is 14.8 Å². The number of amides is 1. The van der Waals surface area contributed by atoms with Gasteiger partial charge < -0.3 is 16.4 Å². The smallest absolute Gasteiger partial charge is 0.225 e. The lowest BCUT2D eigenvalue weighted by atomic mass is 9.84. The zero-order valence-corrected chi connectivity index (χ0v) is 13.1. The molecule has 0 radical (unpaired) electrons. The molecule has 0 spiro atoms. The van der Waals surface area contributed by atoms with Crippen LogP contribution < -0.4 is 11.5 Å². The molecular formula is C15H25N5O. The maximum atomic E-state index is 11.6. The summed E-state index contributed by atoms with van der Waals surface area (Å²) in [5.41, 5.74) is 12.4. The molecule has 2 heterocycles. The number of nitrogens with zero attached hydrogens (tertiary/aromatic N) is 3. The monoisotopic (exact) mass is 291 g/mol. The summed E-state index contributed by atoms with van der Waals surface area (Å²) in [6, 6.07) is -0.133. The topological polar surface area (TPSA) is 97.1 Å². The first-order valence-electron chi connectivity index (χ1n) is 7.47. The number of hydrogen-bond acceptors (Lipinski definition) is 5. The highest BCUT2D eigenvalue weighted by atomic mass is 16.1. The van der Waals surface area contributed by atoms with Crippen molar-refractivity contribution in [2.45, 2.75) is 46.1 Å². The Morgan fingerprint density at radius 2 is 2.19 bits per heavy atom. The third-order valence-electron chi connectivity index (χ3n) is 4.17. The number of hydrogen-bond donors (Lipinski definition) is 2. The molecule has 21 heavy (non-hydrogen) atoms. The van der Waals surface area contributed by atoms with E-state index in [1.165, 1.54) is 0 Å². The van der Waals surface area contributed by atoms with Gasteiger partial charge in [0.1, 0.15) is 5.84 Å². The summed E-state index contributed by atoms with van der Waals surface area (Å²) < 4.78 is 0. The van der Waals surface area contributed by atoms with E-state index in [9.17, 15) is 4.79 Å². The predicted octanol–water partition coefficient (Wildman–Crippen LogP) is 1.03. The molecule has 2 aliphatic rings. The number of carbonyl (C=O) groups excluding carboxylic acids is 1. The van der Waals surface area contributed by atoms with Gasteiger partial charge >= 0.3 is 0 Å². The highest BCUT2D eigenvalue weighted by Gasteiger charge is 2.41. The Labute approximate surface area is 126 Å². The summed E-state index contributed by atoms with van der Waals surface area (Å²) in [5.74, 6) is 0.566. The highest BCUT2D eigenvalue weighted by molar-refractivity contribution is 6.42. The molecule has 0 aromatic heterocycles. The molecule has 116 valence electrons. The number of primary amides is 1. The third kappa shape index (κ3) is 3.15. The van der Waals surface area contributed by atoms with Gasteiger partial charge in [0, 0.05) is 12.7 Å². The second kappa shape index (κ2) is 5.97. The van der Waals surface area contributed by atoms with Crippen LogP contribution in [0.3, 0.4) is 0 Å². The Kier molecular flexibility index (Phi) is 4.46. The van der Waals surface area contributed by atoms with Crippen molar-refractivity contribution in [1.29, 1.82) is 0 Å². The number of unbranched alkanes of at least 4 members (excludes halogenated alkanes) is 1. The van der Waals surface area contributed by atoms with Gasteiger partial charge in [-0.15, -0.1) is 0 Å². The Hall–Kier alpha value is -1.69. The van der Waals surface area contributed by atoms with E-state index in [-0.39, 0.29) is 11.9 Å². The van der Waals surface area contributed by atoms with Crippen LogP contribution in [0.1, 0.15) is 40.0 Å². The molecule has 0 aromatic carbocycles. The maximum Gasteiger partial charge on any atom is 0.225 e. The van der Waals surface area contributed by atoms with E-state index in [1.807, 2.05) is 27.0 Å². The quantitative estimate of drug-likeness (QED) is 0.715. The zero-order valence-electron chi connectivity index (χ0n) is 13.1. The normalized spacial score (nSPS) is 21.6. The first kappa shape index (κ1) is 15.7. The van der Waals surface area contributed by atoms with Crippen molar-refractivity contribution in [1.82, 2.24) is 4.90 Å². The Balaban J connectivity index is 2.21. The molecule has 1 amide bonds. The van der Waals surface area contributed by atoms with Crippen molar-refractivity contribution >= 4 is 17.5 Å². The molecule has 0 aromatic rings. The van der Waals surface area contributed by atoms with Crippen molar-refractivity contribution in [3.05, 3.63) is 11.9 Å². The van der Waals surface area contributed by atoms with Gasteiger partial charge in [0.05, 0.1) is 22.9 Å². The van der Waals surface area contributed by atoms with Gasteiger partial charge in [0.15, 0.2) is 0 Å². The van der Waals surface area contributed by atoms with Crippen LogP contribution >= 0.6 is 0 Å². The number of carbonyl (C=O) groups is 1. The van der Waals surface area contributed by atoms with Crippen molar-refractivity contribution in [3.63, 3.8) is 0 Å². The van der Waals surface area contributed by atoms with Gasteiger partial charge in [0.25, 0.3) is 0 Å². The van der Waals surface area contributed by atoms with Crippen molar-refractivity contribution in [3.8, 4) is 0 Å². The Morgan fingerprint density at radius 3 is 2.81 bits per heavy atom. The Morgan fingerprint density at radius 1 is 1.48 bits per heavy atom. The summed E-state index contributed by atoms with van der Waals surface area (Å²) in [6.07, 6.45) is 4.83. The molecular weight excluding hydrogens is 266 g/mol. The van der Waals surface area contributed by atoms with Gasteiger partial charge in [-0.1, -0.05) is 0 Å². The van der Waals surface area contributed by atoms with Crippen molar-refractivity contribution in [2.24, 2.45) is 26.9 Å². The molecule has 0 saturated heterocycles. The SMILES string of the molecule is CC1=CN2CC(C(C)(C)C(N)=O)N=C2C(CCCCN)=N1. The number of aliphatic imine (C=N–C) groups is 2. The fourth-order valence-electron chi connectivity index (χ4n) is 2.57. The van der Waals surface area contributed by atoms with E-state index in [4.69, 9.17) is 16.5 Å². The van der Waals surface area contributed by atoms with E-state index in [2.05, 4.69) is 9.89 Å². The van der Waals surface area contributed by atoms with Crippen LogP contribution in [-0.4, -0.2) is 41.5 Å². The summed E-state index contributed by atoms with van der Waals surface area (Å²) in [6.45, 7) is 7.05. The molecule has 1 unspecified atom stereocenters. The van der Waals surface area contributed by atoms with Gasteiger partial charge in [-0.05, 0) is 46.6 Å². The molecule has 0 aliphatic carbocycles. The lowest BCUT2D eigenvalue weighted by Gasteiger charge is -2.26. The average molecular weight is 291 g/mol. The zero-order chi connectivity index (χ0) is 15.6. The fourth-order valence-corrected chi connectivity index (χ4v) is 2.57. The lowest BCUT2D eigenvalue weighted by molar-refractivity contribution is -0.126. The third-order valence-corrected chi connectivity index (χ3v) is 4.17. The summed E-state index contributed by atoms with van der Waals surface area (Å²) in [4.78, 5) is 23.1. The molecule has 2 rings (SSSR count). The van der Waals surface area contributed by atoms with Crippen LogP contribution in [0.15, 0.2) is 21.9 Å². The minimum absolute atomic E-state index is 0.133.